The molecule has 7 heteroatoms. The smallest absolute Gasteiger partial charge is 0.228 e. The molecule has 4 rings (SSSR count). The maximum Gasteiger partial charge on any atom is 0.228 e. The number of carbonyl (C=O) groups excluding carboxylic acids is 1. The van der Waals surface area contributed by atoms with E-state index in [1.54, 1.807) is 0 Å². The Morgan fingerprint density at radius 3 is 2.81 bits per heavy atom. The fourth-order valence-corrected chi connectivity index (χ4v) is 4.39. The van der Waals surface area contributed by atoms with Crippen molar-refractivity contribution in [2.24, 2.45) is 5.92 Å². The molecule has 7 nitrogen and oxygen atoms in total. The molecule has 0 N–H and O–H groups in total. The van der Waals surface area contributed by atoms with E-state index in [9.17, 15) is 4.79 Å². The first-order valence-corrected chi connectivity index (χ1v) is 10.3. The van der Waals surface area contributed by atoms with Crippen molar-refractivity contribution in [2.45, 2.75) is 44.6 Å². The maximum absolute atomic E-state index is 12.7. The van der Waals surface area contributed by atoms with Gasteiger partial charge in [-0.2, -0.15) is 0 Å². The maximum atomic E-state index is 12.7. The van der Waals surface area contributed by atoms with Crippen LogP contribution < -0.4 is 4.90 Å². The molecule has 0 radical (unpaired) electrons. The van der Waals surface area contributed by atoms with E-state index in [0.29, 0.717) is 19.8 Å². The number of hydrogen-bond acceptors (Lipinski definition) is 6. The summed E-state index contributed by atoms with van der Waals surface area (Å²) in [5.74, 6) is 1.10. The minimum absolute atomic E-state index is 0.0494. The molecule has 0 aromatic carbocycles. The normalized spacial score (nSPS) is 29.1. The van der Waals surface area contributed by atoms with Gasteiger partial charge in [0.2, 0.25) is 11.9 Å². The van der Waals surface area contributed by atoms with E-state index in [-0.39, 0.29) is 17.4 Å². The minimum Gasteiger partial charge on any atom is -0.381 e. The Bertz CT molecular complexity index is 647. The first kappa shape index (κ1) is 18.6. The highest BCUT2D eigenvalue weighted by Gasteiger charge is 2.40. The summed E-state index contributed by atoms with van der Waals surface area (Å²) >= 11 is 0. The Kier molecular flexibility index (Phi) is 5.59. The average molecular weight is 374 g/mol. The van der Waals surface area contributed by atoms with Crippen molar-refractivity contribution < 1.29 is 14.3 Å². The molecular formula is C20H30N4O3. The molecule has 4 heterocycles. The van der Waals surface area contributed by atoms with Gasteiger partial charge in [-0.3, -0.25) is 4.79 Å². The van der Waals surface area contributed by atoms with Crippen LogP contribution in [0.15, 0.2) is 12.4 Å². The number of morpholine rings is 1. The lowest BCUT2D eigenvalue weighted by Gasteiger charge is -2.42. The van der Waals surface area contributed by atoms with Crippen molar-refractivity contribution in [3.8, 4) is 0 Å². The molecule has 2 unspecified atom stereocenters. The van der Waals surface area contributed by atoms with Crippen LogP contribution in [-0.2, 0) is 20.7 Å². The number of aromatic nitrogens is 2. The summed E-state index contributed by atoms with van der Waals surface area (Å²) in [6.45, 7) is 7.28. The predicted octanol–water partition coefficient (Wildman–Crippen LogP) is 1.66. The van der Waals surface area contributed by atoms with Crippen molar-refractivity contribution in [1.82, 2.24) is 14.9 Å². The first-order valence-electron chi connectivity index (χ1n) is 10.3. The number of aryl methyl sites for hydroxylation is 1. The lowest BCUT2D eigenvalue weighted by atomic mass is 9.92. The number of carbonyl (C=O) groups is 1. The standard InChI is InChI=1S/C20H30N4O3/c1-2-16-12-21-19(22-13-16)24-9-11-27-20(15-24)5-3-7-23(8-6-20)18(25)17-4-10-26-14-17/h12-13,17H,2-11,14-15H2,1H3. The van der Waals surface area contributed by atoms with E-state index < -0.39 is 0 Å². The third kappa shape index (κ3) is 4.09. The van der Waals surface area contributed by atoms with Crippen LogP contribution in [0.5, 0.6) is 0 Å². The Labute approximate surface area is 161 Å². The fraction of sp³-hybridized carbons (Fsp3) is 0.750. The van der Waals surface area contributed by atoms with Gasteiger partial charge in [0.25, 0.3) is 0 Å². The molecule has 148 valence electrons. The number of nitrogens with zero attached hydrogens (tertiary/aromatic N) is 4. The molecule has 1 aromatic heterocycles. The third-order valence-corrected chi connectivity index (χ3v) is 6.12. The van der Waals surface area contributed by atoms with Gasteiger partial charge in [-0.15, -0.1) is 0 Å². The molecule has 1 amide bonds. The number of hydrogen-bond donors (Lipinski definition) is 0. The SMILES string of the molecule is CCc1cnc(N2CCOC3(CCCN(C(=O)C4CCOC4)CC3)C2)nc1. The molecule has 3 saturated heterocycles. The van der Waals surface area contributed by atoms with Crippen LogP contribution in [0, 0.1) is 5.92 Å². The van der Waals surface area contributed by atoms with Crippen LogP contribution in [0.2, 0.25) is 0 Å². The largest absolute Gasteiger partial charge is 0.381 e. The molecule has 1 aromatic rings. The van der Waals surface area contributed by atoms with Gasteiger partial charge in [0.1, 0.15) is 0 Å². The molecule has 3 aliphatic heterocycles. The van der Waals surface area contributed by atoms with E-state index >= 15 is 0 Å². The van der Waals surface area contributed by atoms with Crippen LogP contribution in [0.4, 0.5) is 5.95 Å². The summed E-state index contributed by atoms with van der Waals surface area (Å²) in [7, 11) is 0. The van der Waals surface area contributed by atoms with Crippen molar-refractivity contribution >= 4 is 11.9 Å². The highest BCUT2D eigenvalue weighted by atomic mass is 16.5. The number of anilines is 1. The van der Waals surface area contributed by atoms with Crippen molar-refractivity contribution in [3.05, 3.63) is 18.0 Å². The van der Waals surface area contributed by atoms with Crippen LogP contribution in [0.25, 0.3) is 0 Å². The second-order valence-corrected chi connectivity index (χ2v) is 7.94. The lowest BCUT2D eigenvalue weighted by molar-refractivity contribution is -0.135. The number of ether oxygens (including phenoxy) is 2. The summed E-state index contributed by atoms with van der Waals surface area (Å²) in [6.07, 6.45) is 8.46. The third-order valence-electron chi connectivity index (χ3n) is 6.12. The molecule has 2 atom stereocenters. The molecule has 0 saturated carbocycles. The number of amides is 1. The zero-order chi connectivity index (χ0) is 18.7. The average Bonchev–Trinajstić information content (AvgIpc) is 3.18. The second kappa shape index (κ2) is 8.10. The minimum atomic E-state index is -0.202. The summed E-state index contributed by atoms with van der Waals surface area (Å²) in [4.78, 5) is 26.1. The van der Waals surface area contributed by atoms with Crippen molar-refractivity contribution in [3.63, 3.8) is 0 Å². The van der Waals surface area contributed by atoms with Gasteiger partial charge < -0.3 is 19.3 Å². The number of rotatable bonds is 3. The van der Waals surface area contributed by atoms with Gasteiger partial charge in [0, 0.05) is 38.6 Å². The Hall–Kier alpha value is -1.73. The summed E-state index contributed by atoms with van der Waals surface area (Å²) in [5.41, 5.74) is 0.952. The summed E-state index contributed by atoms with van der Waals surface area (Å²) in [6, 6.07) is 0. The highest BCUT2D eigenvalue weighted by Crippen LogP contribution is 2.32. The Morgan fingerprint density at radius 2 is 2.07 bits per heavy atom. The summed E-state index contributed by atoms with van der Waals surface area (Å²) in [5, 5.41) is 0. The quantitative estimate of drug-likeness (QED) is 0.802. The summed E-state index contributed by atoms with van der Waals surface area (Å²) < 4.78 is 11.7. The topological polar surface area (TPSA) is 67.8 Å². The second-order valence-electron chi connectivity index (χ2n) is 7.94. The van der Waals surface area contributed by atoms with Crippen LogP contribution in [0.3, 0.4) is 0 Å². The van der Waals surface area contributed by atoms with E-state index in [4.69, 9.17) is 9.47 Å². The molecule has 27 heavy (non-hydrogen) atoms. The highest BCUT2D eigenvalue weighted by molar-refractivity contribution is 5.79. The van der Waals surface area contributed by atoms with Crippen LogP contribution in [-0.4, -0.2) is 72.4 Å². The molecule has 0 bridgehead atoms. The number of likely N-dealkylation sites (tertiary alicyclic amines) is 1. The molecule has 3 aliphatic rings. The zero-order valence-electron chi connectivity index (χ0n) is 16.2. The molecule has 1 spiro atoms. The van der Waals surface area contributed by atoms with Gasteiger partial charge in [-0.1, -0.05) is 6.92 Å². The van der Waals surface area contributed by atoms with Gasteiger partial charge in [-0.05, 0) is 37.7 Å². The van der Waals surface area contributed by atoms with Gasteiger partial charge >= 0.3 is 0 Å². The van der Waals surface area contributed by atoms with Crippen LogP contribution in [0.1, 0.15) is 38.2 Å². The van der Waals surface area contributed by atoms with Gasteiger partial charge in [0.05, 0.1) is 31.3 Å². The zero-order valence-corrected chi connectivity index (χ0v) is 16.2. The van der Waals surface area contributed by atoms with Crippen molar-refractivity contribution in [2.75, 3.05) is 50.9 Å². The van der Waals surface area contributed by atoms with Gasteiger partial charge in [0.15, 0.2) is 0 Å². The fourth-order valence-electron chi connectivity index (χ4n) is 4.39. The van der Waals surface area contributed by atoms with E-state index in [1.807, 2.05) is 17.3 Å². The predicted molar refractivity (Wildman–Crippen MR) is 102 cm³/mol. The van der Waals surface area contributed by atoms with E-state index in [1.165, 1.54) is 0 Å². The molecule has 3 fully saturated rings. The molecule has 0 aliphatic carbocycles. The Morgan fingerprint density at radius 1 is 1.22 bits per heavy atom. The molecular weight excluding hydrogens is 344 g/mol. The van der Waals surface area contributed by atoms with E-state index in [2.05, 4.69) is 21.8 Å². The first-order chi connectivity index (χ1) is 13.2. The van der Waals surface area contributed by atoms with Gasteiger partial charge in [-0.25, -0.2) is 9.97 Å². The Balaban J connectivity index is 1.40. The monoisotopic (exact) mass is 374 g/mol. The lowest BCUT2D eigenvalue weighted by Crippen LogP contribution is -2.53. The van der Waals surface area contributed by atoms with Crippen LogP contribution >= 0.6 is 0 Å². The van der Waals surface area contributed by atoms with E-state index in [0.717, 1.165) is 69.8 Å². The van der Waals surface area contributed by atoms with Crippen molar-refractivity contribution in [1.29, 1.82) is 0 Å².